The van der Waals surface area contributed by atoms with Crippen molar-refractivity contribution in [3.8, 4) is 0 Å². The first-order valence-electron chi connectivity index (χ1n) is 7.04. The number of hydrogen-bond acceptors (Lipinski definition) is 5. The second-order valence-corrected chi connectivity index (χ2v) is 8.58. The Hall–Kier alpha value is -0.960. The number of likely N-dealkylation sites (tertiary alicyclic amines) is 1. The average molecular weight is 330 g/mol. The van der Waals surface area contributed by atoms with Crippen molar-refractivity contribution in [2.24, 2.45) is 0 Å². The van der Waals surface area contributed by atoms with Crippen LogP contribution in [-0.4, -0.2) is 60.9 Å². The SMILES string of the molecule is O=C(O)c1csc(S(=O)(=O)N2CCC(N3CCCC3)C2)c1. The van der Waals surface area contributed by atoms with Gasteiger partial charge in [-0.3, -0.25) is 4.90 Å². The third-order valence-corrected chi connectivity index (χ3v) is 7.48. The fourth-order valence-corrected chi connectivity index (χ4v) is 5.82. The minimum absolute atomic E-state index is 0.0360. The number of carbonyl (C=O) groups is 1. The molecule has 8 heteroatoms. The Labute approximate surface area is 128 Å². The van der Waals surface area contributed by atoms with Crippen molar-refractivity contribution in [2.45, 2.75) is 29.5 Å². The van der Waals surface area contributed by atoms with Gasteiger partial charge in [-0.2, -0.15) is 4.31 Å². The molecular weight excluding hydrogens is 312 g/mol. The van der Waals surface area contributed by atoms with Crippen molar-refractivity contribution < 1.29 is 18.3 Å². The number of carboxylic acids is 1. The van der Waals surface area contributed by atoms with Gasteiger partial charge in [-0.15, -0.1) is 11.3 Å². The van der Waals surface area contributed by atoms with Crippen LogP contribution in [-0.2, 0) is 10.0 Å². The van der Waals surface area contributed by atoms with Crippen molar-refractivity contribution in [3.05, 3.63) is 17.0 Å². The number of carboxylic acid groups (broad SMARTS) is 1. The van der Waals surface area contributed by atoms with Gasteiger partial charge in [-0.1, -0.05) is 0 Å². The molecule has 3 rings (SSSR count). The molecule has 2 saturated heterocycles. The molecule has 1 atom stereocenters. The molecular formula is C13H18N2O4S2. The summed E-state index contributed by atoms with van der Waals surface area (Å²) in [7, 11) is -3.55. The molecule has 3 heterocycles. The van der Waals surface area contributed by atoms with Crippen LogP contribution in [0.5, 0.6) is 0 Å². The number of nitrogens with zero attached hydrogens (tertiary/aromatic N) is 2. The summed E-state index contributed by atoms with van der Waals surface area (Å²) in [6.45, 7) is 3.15. The zero-order valence-electron chi connectivity index (χ0n) is 11.6. The Balaban J connectivity index is 1.74. The Bertz CT molecular complexity index is 634. The first kappa shape index (κ1) is 15.0. The average Bonchev–Trinajstić information content (AvgIpc) is 3.19. The standard InChI is InChI=1S/C13H18N2O4S2/c16-13(17)10-7-12(20-9-10)21(18,19)15-6-3-11(8-15)14-4-1-2-5-14/h7,9,11H,1-6,8H2,(H,16,17). The van der Waals surface area contributed by atoms with E-state index >= 15 is 0 Å². The van der Waals surface area contributed by atoms with Crippen LogP contribution in [0, 0.1) is 0 Å². The van der Waals surface area contributed by atoms with Crippen molar-refractivity contribution >= 4 is 27.3 Å². The maximum Gasteiger partial charge on any atom is 0.336 e. The van der Waals surface area contributed by atoms with Crippen LogP contribution < -0.4 is 0 Å². The van der Waals surface area contributed by atoms with Gasteiger partial charge in [-0.25, -0.2) is 13.2 Å². The number of thiophene rings is 1. The lowest BCUT2D eigenvalue weighted by Gasteiger charge is -2.23. The van der Waals surface area contributed by atoms with Gasteiger partial charge in [0.05, 0.1) is 5.56 Å². The molecule has 2 fully saturated rings. The molecule has 0 aliphatic carbocycles. The third-order valence-electron chi connectivity index (χ3n) is 4.20. The summed E-state index contributed by atoms with van der Waals surface area (Å²) < 4.78 is 26.7. The largest absolute Gasteiger partial charge is 0.478 e. The highest BCUT2D eigenvalue weighted by Crippen LogP contribution is 2.29. The molecule has 0 bridgehead atoms. The second-order valence-electron chi connectivity index (χ2n) is 5.51. The van der Waals surface area contributed by atoms with E-state index in [-0.39, 0.29) is 9.77 Å². The van der Waals surface area contributed by atoms with E-state index in [0.29, 0.717) is 19.1 Å². The molecule has 2 aliphatic heterocycles. The number of sulfonamides is 1. The van der Waals surface area contributed by atoms with E-state index in [2.05, 4.69) is 4.90 Å². The molecule has 116 valence electrons. The van der Waals surface area contributed by atoms with Crippen LogP contribution in [0.1, 0.15) is 29.6 Å². The summed E-state index contributed by atoms with van der Waals surface area (Å²) >= 11 is 0.981. The topological polar surface area (TPSA) is 77.9 Å². The summed E-state index contributed by atoms with van der Waals surface area (Å²) in [5.74, 6) is -1.09. The lowest BCUT2D eigenvalue weighted by molar-refractivity contribution is 0.0697. The lowest BCUT2D eigenvalue weighted by atomic mass is 10.2. The van der Waals surface area contributed by atoms with E-state index < -0.39 is 16.0 Å². The van der Waals surface area contributed by atoms with Gasteiger partial charge < -0.3 is 5.11 Å². The molecule has 0 saturated carbocycles. The van der Waals surface area contributed by atoms with Gasteiger partial charge in [0, 0.05) is 24.5 Å². The molecule has 0 amide bonds. The summed E-state index contributed by atoms with van der Waals surface area (Å²) in [4.78, 5) is 13.2. The Kier molecular flexibility index (Phi) is 4.04. The lowest BCUT2D eigenvalue weighted by Crippen LogP contribution is -2.36. The highest BCUT2D eigenvalue weighted by molar-refractivity contribution is 7.91. The molecule has 0 aromatic carbocycles. The van der Waals surface area contributed by atoms with E-state index in [1.807, 2.05) is 0 Å². The number of rotatable bonds is 4. The predicted molar refractivity (Wildman–Crippen MR) is 79.2 cm³/mol. The van der Waals surface area contributed by atoms with Crippen LogP contribution in [0.15, 0.2) is 15.7 Å². The molecule has 1 N–H and O–H groups in total. The minimum atomic E-state index is -3.55. The van der Waals surface area contributed by atoms with Crippen LogP contribution in [0.3, 0.4) is 0 Å². The first-order valence-corrected chi connectivity index (χ1v) is 9.36. The third kappa shape index (κ3) is 2.85. The van der Waals surface area contributed by atoms with E-state index in [0.717, 1.165) is 30.8 Å². The molecule has 1 aromatic heterocycles. The van der Waals surface area contributed by atoms with Crippen LogP contribution in [0.4, 0.5) is 0 Å². The van der Waals surface area contributed by atoms with Crippen LogP contribution in [0.25, 0.3) is 0 Å². The Morgan fingerprint density at radius 3 is 2.62 bits per heavy atom. The van der Waals surface area contributed by atoms with Crippen LogP contribution >= 0.6 is 11.3 Å². The fourth-order valence-electron chi connectivity index (χ4n) is 3.02. The predicted octanol–water partition coefficient (Wildman–Crippen LogP) is 1.31. The molecule has 1 aromatic rings. The zero-order chi connectivity index (χ0) is 15.0. The number of hydrogen-bond donors (Lipinski definition) is 1. The van der Waals surface area contributed by atoms with Crippen molar-refractivity contribution in [1.29, 1.82) is 0 Å². The maximum absolute atomic E-state index is 12.6. The van der Waals surface area contributed by atoms with Crippen LogP contribution in [0.2, 0.25) is 0 Å². The monoisotopic (exact) mass is 330 g/mol. The first-order chi connectivity index (χ1) is 9.98. The Morgan fingerprint density at radius 2 is 2.00 bits per heavy atom. The van der Waals surface area contributed by atoms with E-state index in [4.69, 9.17) is 5.11 Å². The van der Waals surface area contributed by atoms with Crippen molar-refractivity contribution in [3.63, 3.8) is 0 Å². The highest BCUT2D eigenvalue weighted by atomic mass is 32.2. The van der Waals surface area contributed by atoms with Gasteiger partial charge in [0.25, 0.3) is 10.0 Å². The quantitative estimate of drug-likeness (QED) is 0.900. The fraction of sp³-hybridized carbons (Fsp3) is 0.615. The molecule has 0 spiro atoms. The second kappa shape index (κ2) is 5.68. The Morgan fingerprint density at radius 1 is 1.29 bits per heavy atom. The summed E-state index contributed by atoms with van der Waals surface area (Å²) in [5, 5.41) is 10.3. The molecule has 0 radical (unpaired) electrons. The number of aromatic carboxylic acids is 1. The van der Waals surface area contributed by atoms with E-state index in [1.54, 1.807) is 0 Å². The van der Waals surface area contributed by atoms with Crippen molar-refractivity contribution in [1.82, 2.24) is 9.21 Å². The highest BCUT2D eigenvalue weighted by Gasteiger charge is 2.36. The van der Waals surface area contributed by atoms with Gasteiger partial charge >= 0.3 is 5.97 Å². The summed E-state index contributed by atoms with van der Waals surface area (Å²) in [6, 6.07) is 1.56. The minimum Gasteiger partial charge on any atom is -0.478 e. The molecule has 2 aliphatic rings. The van der Waals surface area contributed by atoms with Gasteiger partial charge in [0.2, 0.25) is 0 Å². The smallest absolute Gasteiger partial charge is 0.336 e. The van der Waals surface area contributed by atoms with Gasteiger partial charge in [-0.05, 0) is 38.4 Å². The summed E-state index contributed by atoms with van der Waals surface area (Å²) in [5.41, 5.74) is 0.0360. The van der Waals surface area contributed by atoms with Crippen molar-refractivity contribution in [2.75, 3.05) is 26.2 Å². The zero-order valence-corrected chi connectivity index (χ0v) is 13.2. The molecule has 1 unspecified atom stereocenters. The van der Waals surface area contributed by atoms with Gasteiger partial charge in [0.1, 0.15) is 4.21 Å². The summed E-state index contributed by atoms with van der Waals surface area (Å²) in [6.07, 6.45) is 3.24. The molecule has 21 heavy (non-hydrogen) atoms. The van der Waals surface area contributed by atoms with E-state index in [1.165, 1.54) is 28.6 Å². The van der Waals surface area contributed by atoms with Gasteiger partial charge in [0.15, 0.2) is 0 Å². The van der Waals surface area contributed by atoms with E-state index in [9.17, 15) is 13.2 Å². The normalized spacial score (nSPS) is 24.7. The maximum atomic E-state index is 12.6. The molecule has 6 nitrogen and oxygen atoms in total.